The van der Waals surface area contributed by atoms with Gasteiger partial charge in [-0.1, -0.05) is 20.8 Å². The Morgan fingerprint density at radius 3 is 2.45 bits per heavy atom. The molecule has 1 saturated heterocycles. The van der Waals surface area contributed by atoms with Gasteiger partial charge in [0.1, 0.15) is 12.0 Å². The number of amides is 1. The highest BCUT2D eigenvalue weighted by Gasteiger charge is 2.69. The van der Waals surface area contributed by atoms with Gasteiger partial charge >= 0.3 is 5.97 Å². The van der Waals surface area contributed by atoms with Crippen LogP contribution in [0.2, 0.25) is 0 Å². The predicted molar refractivity (Wildman–Crippen MR) is 70.7 cm³/mol. The minimum atomic E-state index is -1.56. The van der Waals surface area contributed by atoms with E-state index < -0.39 is 35.2 Å². The average Bonchev–Trinajstić information content (AvgIpc) is 2.78. The maximum atomic E-state index is 12.4. The van der Waals surface area contributed by atoms with Crippen LogP contribution >= 0.6 is 0 Å². The fourth-order valence-electron chi connectivity index (χ4n) is 2.98. The lowest BCUT2D eigenvalue weighted by Crippen LogP contribution is -2.58. The number of ether oxygens (including phenoxy) is 2. The molecule has 112 valence electrons. The van der Waals surface area contributed by atoms with Gasteiger partial charge in [0.2, 0.25) is 5.54 Å². The zero-order valence-electron chi connectivity index (χ0n) is 12.7. The van der Waals surface area contributed by atoms with Crippen molar-refractivity contribution in [3.8, 4) is 0 Å². The quantitative estimate of drug-likeness (QED) is 0.735. The van der Waals surface area contributed by atoms with E-state index in [4.69, 9.17) is 9.47 Å². The Labute approximate surface area is 118 Å². The van der Waals surface area contributed by atoms with Crippen LogP contribution in [0.4, 0.5) is 0 Å². The number of esters is 1. The molecule has 3 atom stereocenters. The van der Waals surface area contributed by atoms with Crippen molar-refractivity contribution in [3.05, 3.63) is 11.3 Å². The van der Waals surface area contributed by atoms with Gasteiger partial charge in [0.05, 0.1) is 18.8 Å². The van der Waals surface area contributed by atoms with Gasteiger partial charge in [-0.25, -0.2) is 4.79 Å². The maximum Gasteiger partial charge on any atom is 0.342 e. The molecule has 0 aromatic rings. The summed E-state index contributed by atoms with van der Waals surface area (Å²) >= 11 is 0. The van der Waals surface area contributed by atoms with E-state index >= 15 is 0 Å². The number of nitrogens with zero attached hydrogens (tertiary/aromatic N) is 1. The Bertz CT molecular complexity index is 504. The summed E-state index contributed by atoms with van der Waals surface area (Å²) in [4.78, 5) is 26.1. The molecule has 0 aromatic heterocycles. The van der Waals surface area contributed by atoms with Crippen LogP contribution in [0.5, 0.6) is 0 Å². The van der Waals surface area contributed by atoms with Gasteiger partial charge in [-0.15, -0.1) is 0 Å². The molecule has 6 nitrogen and oxygen atoms in total. The van der Waals surface area contributed by atoms with Gasteiger partial charge < -0.3 is 14.6 Å². The summed E-state index contributed by atoms with van der Waals surface area (Å²) in [7, 11) is 1.23. The molecule has 2 heterocycles. The second kappa shape index (κ2) is 4.22. The van der Waals surface area contributed by atoms with Crippen molar-refractivity contribution in [3.63, 3.8) is 0 Å². The number of aliphatic hydroxyl groups excluding tert-OH is 1. The van der Waals surface area contributed by atoms with E-state index in [1.54, 1.807) is 6.92 Å². The van der Waals surface area contributed by atoms with Gasteiger partial charge in [-0.3, -0.25) is 9.69 Å². The number of methoxy groups -OCH3 is 1. The Morgan fingerprint density at radius 1 is 1.45 bits per heavy atom. The summed E-state index contributed by atoms with van der Waals surface area (Å²) in [6.45, 7) is 8.91. The Kier molecular flexibility index (Phi) is 3.13. The first kappa shape index (κ1) is 14.8. The van der Waals surface area contributed by atoms with Crippen LogP contribution in [0.3, 0.4) is 0 Å². The van der Waals surface area contributed by atoms with Crippen LogP contribution in [-0.2, 0) is 19.1 Å². The summed E-state index contributed by atoms with van der Waals surface area (Å²) in [6.07, 6.45) is -1.29. The van der Waals surface area contributed by atoms with E-state index in [0.29, 0.717) is 0 Å². The first-order valence-electron chi connectivity index (χ1n) is 6.58. The maximum absolute atomic E-state index is 12.4. The fraction of sp³-hybridized carbons (Fsp3) is 0.714. The summed E-state index contributed by atoms with van der Waals surface area (Å²) < 4.78 is 10.6. The minimum absolute atomic E-state index is 0.166. The van der Waals surface area contributed by atoms with Crippen molar-refractivity contribution >= 4 is 11.9 Å². The molecule has 1 amide bonds. The van der Waals surface area contributed by atoms with Crippen LogP contribution in [0.15, 0.2) is 11.3 Å². The molecule has 0 aromatic carbocycles. The lowest BCUT2D eigenvalue weighted by Gasteiger charge is -2.36. The monoisotopic (exact) mass is 283 g/mol. The Morgan fingerprint density at radius 2 is 2.00 bits per heavy atom. The molecule has 0 saturated carbocycles. The van der Waals surface area contributed by atoms with Crippen molar-refractivity contribution in [1.29, 1.82) is 0 Å². The van der Waals surface area contributed by atoms with Crippen LogP contribution in [0.25, 0.3) is 0 Å². The normalized spacial score (nSPS) is 33.7. The first-order chi connectivity index (χ1) is 9.10. The number of fused-ring (bicyclic) bond motifs is 1. The number of hydrogen-bond acceptors (Lipinski definition) is 5. The number of carbonyl (C=O) groups excluding carboxylic acids is 2. The van der Waals surface area contributed by atoms with Crippen LogP contribution < -0.4 is 0 Å². The second-order valence-corrected chi connectivity index (χ2v) is 6.40. The van der Waals surface area contributed by atoms with Crippen LogP contribution in [-0.4, -0.2) is 46.9 Å². The van der Waals surface area contributed by atoms with E-state index in [-0.39, 0.29) is 11.3 Å². The molecule has 0 aliphatic carbocycles. The molecule has 1 fully saturated rings. The van der Waals surface area contributed by atoms with Gasteiger partial charge in [0, 0.05) is 5.41 Å². The molecule has 0 spiro atoms. The highest BCUT2D eigenvalue weighted by molar-refractivity contribution is 6.05. The zero-order valence-corrected chi connectivity index (χ0v) is 12.7. The van der Waals surface area contributed by atoms with Crippen molar-refractivity contribution in [2.75, 3.05) is 7.11 Å². The lowest BCUT2D eigenvalue weighted by atomic mass is 9.89. The highest BCUT2D eigenvalue weighted by atomic mass is 16.6. The van der Waals surface area contributed by atoms with Gasteiger partial charge in [0.25, 0.3) is 5.91 Å². The number of carbonyl (C=O) groups is 2. The Hall–Kier alpha value is -1.56. The molecule has 2 aliphatic rings. The van der Waals surface area contributed by atoms with Gasteiger partial charge in [-0.05, 0) is 13.8 Å². The van der Waals surface area contributed by atoms with Crippen molar-refractivity contribution < 1.29 is 24.2 Å². The van der Waals surface area contributed by atoms with E-state index in [1.165, 1.54) is 18.9 Å². The average molecular weight is 283 g/mol. The van der Waals surface area contributed by atoms with Crippen molar-refractivity contribution in [1.82, 2.24) is 4.90 Å². The first-order valence-corrected chi connectivity index (χ1v) is 6.58. The molecule has 2 aliphatic heterocycles. The summed E-state index contributed by atoms with van der Waals surface area (Å²) in [5, 5.41) is 10.4. The number of rotatable bonds is 1. The van der Waals surface area contributed by atoms with Crippen molar-refractivity contribution in [2.45, 2.75) is 52.5 Å². The fourth-order valence-corrected chi connectivity index (χ4v) is 2.98. The Balaban J connectivity index is 2.65. The van der Waals surface area contributed by atoms with Gasteiger partial charge in [-0.2, -0.15) is 0 Å². The molecule has 6 heteroatoms. The third-order valence-corrected chi connectivity index (χ3v) is 4.03. The molecule has 2 rings (SSSR count). The highest BCUT2D eigenvalue weighted by Crippen LogP contribution is 2.49. The second-order valence-electron chi connectivity index (χ2n) is 6.40. The molecule has 1 N–H and O–H groups in total. The predicted octanol–water partition coefficient (Wildman–Crippen LogP) is 1.36. The zero-order chi connectivity index (χ0) is 15.5. The van der Waals surface area contributed by atoms with E-state index in [0.717, 1.165) is 0 Å². The standard InChI is InChI=1S/C14H21NO5/c1-7-9(16)14(12(18)19-6)8(2)20-11(13(3,4)5)15(14)10(7)17/h8,11,16H,1-6H3/t8-,11-,14-/m1/s1. The third-order valence-electron chi connectivity index (χ3n) is 4.03. The molecule has 0 unspecified atom stereocenters. The largest absolute Gasteiger partial charge is 0.509 e. The summed E-state index contributed by atoms with van der Waals surface area (Å²) in [5.74, 6) is -1.34. The molecular formula is C14H21NO5. The summed E-state index contributed by atoms with van der Waals surface area (Å²) in [5.41, 5.74) is -1.79. The molecular weight excluding hydrogens is 262 g/mol. The van der Waals surface area contributed by atoms with E-state index in [1.807, 2.05) is 20.8 Å². The van der Waals surface area contributed by atoms with Gasteiger partial charge in [0.15, 0.2) is 0 Å². The van der Waals surface area contributed by atoms with E-state index in [2.05, 4.69) is 0 Å². The molecule has 20 heavy (non-hydrogen) atoms. The number of hydrogen-bond donors (Lipinski definition) is 1. The van der Waals surface area contributed by atoms with Crippen molar-refractivity contribution in [2.24, 2.45) is 5.41 Å². The van der Waals surface area contributed by atoms with Crippen LogP contribution in [0.1, 0.15) is 34.6 Å². The SMILES string of the molecule is COC(=O)[C@@]12C(O)=C(C)C(=O)N1[C@@H](C(C)(C)C)O[C@@H]2C. The summed E-state index contributed by atoms with van der Waals surface area (Å²) in [6, 6.07) is 0. The third kappa shape index (κ3) is 1.54. The topological polar surface area (TPSA) is 76.1 Å². The lowest BCUT2D eigenvalue weighted by molar-refractivity contribution is -0.158. The van der Waals surface area contributed by atoms with Crippen LogP contribution in [0, 0.1) is 5.41 Å². The molecule has 0 radical (unpaired) electrons. The molecule has 0 bridgehead atoms. The van der Waals surface area contributed by atoms with E-state index in [9.17, 15) is 14.7 Å². The smallest absolute Gasteiger partial charge is 0.342 e. The minimum Gasteiger partial charge on any atom is -0.509 e. The number of aliphatic hydroxyl groups is 1.